The largest absolute Gasteiger partial charge is 0.314 e. The van der Waals surface area contributed by atoms with E-state index >= 15 is 0 Å². The first-order valence-corrected chi connectivity index (χ1v) is 10.4. The van der Waals surface area contributed by atoms with Crippen LogP contribution in [0.4, 0.5) is 10.1 Å². The van der Waals surface area contributed by atoms with Gasteiger partial charge in [0.25, 0.3) is 0 Å². The molecule has 24 heavy (non-hydrogen) atoms. The lowest BCUT2D eigenvalue weighted by molar-refractivity contribution is 0.360. The molecule has 0 aromatic heterocycles. The number of nitrogens with zero attached hydrogens (tertiary/aromatic N) is 1. The summed E-state index contributed by atoms with van der Waals surface area (Å²) in [5.41, 5.74) is -0.252. The van der Waals surface area contributed by atoms with Crippen molar-refractivity contribution in [3.63, 3.8) is 0 Å². The van der Waals surface area contributed by atoms with Crippen molar-refractivity contribution in [3.05, 3.63) is 24.0 Å². The van der Waals surface area contributed by atoms with E-state index in [4.69, 9.17) is 0 Å². The predicted molar refractivity (Wildman–Crippen MR) is 93.0 cm³/mol. The summed E-state index contributed by atoms with van der Waals surface area (Å²) in [6, 6.07) is 3.20. The Balaban J connectivity index is 0.00000288. The van der Waals surface area contributed by atoms with E-state index < -0.39 is 25.9 Å². The molecule has 1 heterocycles. The third-order valence-corrected chi connectivity index (χ3v) is 6.76. The summed E-state index contributed by atoms with van der Waals surface area (Å²) in [6.45, 7) is 3.40. The highest BCUT2D eigenvalue weighted by molar-refractivity contribution is 7.92. The van der Waals surface area contributed by atoms with Crippen LogP contribution in [0.5, 0.6) is 0 Å². The van der Waals surface area contributed by atoms with E-state index in [0.29, 0.717) is 32.6 Å². The summed E-state index contributed by atoms with van der Waals surface area (Å²) >= 11 is 0. The fraction of sp³-hybridized carbons (Fsp3) is 0.538. The van der Waals surface area contributed by atoms with Gasteiger partial charge in [-0.1, -0.05) is 6.92 Å². The van der Waals surface area contributed by atoms with Crippen LogP contribution < -0.4 is 10.0 Å². The van der Waals surface area contributed by atoms with E-state index in [1.807, 2.05) is 0 Å². The van der Waals surface area contributed by atoms with Gasteiger partial charge in [-0.05, 0) is 24.6 Å². The first-order valence-electron chi connectivity index (χ1n) is 7.27. The minimum Gasteiger partial charge on any atom is -0.314 e. The molecule has 0 saturated carbocycles. The number of halogens is 2. The van der Waals surface area contributed by atoms with Gasteiger partial charge in [-0.2, -0.15) is 4.31 Å². The van der Waals surface area contributed by atoms with Crippen LogP contribution in [-0.4, -0.2) is 53.1 Å². The highest BCUT2D eigenvalue weighted by atomic mass is 35.5. The Hall–Kier alpha value is -0.940. The molecule has 1 aromatic rings. The zero-order valence-corrected chi connectivity index (χ0v) is 15.6. The molecule has 138 valence electrons. The Kier molecular flexibility index (Phi) is 7.42. The third-order valence-electron chi connectivity index (χ3n) is 3.39. The molecule has 2 N–H and O–H groups in total. The van der Waals surface area contributed by atoms with Crippen molar-refractivity contribution in [1.29, 1.82) is 0 Å². The van der Waals surface area contributed by atoms with Crippen LogP contribution in [0.1, 0.15) is 13.3 Å². The van der Waals surface area contributed by atoms with E-state index in [0.717, 1.165) is 12.1 Å². The van der Waals surface area contributed by atoms with Crippen molar-refractivity contribution in [2.24, 2.45) is 0 Å². The SMILES string of the molecule is CCCS(=O)(=O)Nc1ccc(S(=O)(=O)N2CCNCC2)cc1F.Cl. The molecular formula is C13H21ClFN3O4S2. The molecule has 7 nitrogen and oxygen atoms in total. The lowest BCUT2D eigenvalue weighted by Gasteiger charge is -2.26. The van der Waals surface area contributed by atoms with Gasteiger partial charge in [0.15, 0.2) is 0 Å². The lowest BCUT2D eigenvalue weighted by atomic mass is 10.3. The number of nitrogens with one attached hydrogen (secondary N) is 2. The lowest BCUT2D eigenvalue weighted by Crippen LogP contribution is -2.46. The van der Waals surface area contributed by atoms with Crippen molar-refractivity contribution in [2.45, 2.75) is 18.2 Å². The van der Waals surface area contributed by atoms with E-state index in [1.54, 1.807) is 6.92 Å². The van der Waals surface area contributed by atoms with Crippen molar-refractivity contribution in [1.82, 2.24) is 9.62 Å². The smallest absolute Gasteiger partial charge is 0.243 e. The minimum atomic E-state index is -3.78. The minimum absolute atomic E-state index is 0. The van der Waals surface area contributed by atoms with Gasteiger partial charge in [0, 0.05) is 26.2 Å². The van der Waals surface area contributed by atoms with Gasteiger partial charge in [-0.25, -0.2) is 21.2 Å². The molecule has 0 aliphatic carbocycles. The molecule has 0 radical (unpaired) electrons. The fourth-order valence-electron chi connectivity index (χ4n) is 2.26. The molecule has 0 atom stereocenters. The maximum Gasteiger partial charge on any atom is 0.243 e. The number of anilines is 1. The second-order valence-corrected chi connectivity index (χ2v) is 9.00. The van der Waals surface area contributed by atoms with Crippen LogP contribution in [-0.2, 0) is 20.0 Å². The molecule has 1 aliphatic rings. The number of sulfonamides is 2. The molecule has 1 aliphatic heterocycles. The van der Waals surface area contributed by atoms with Gasteiger partial charge < -0.3 is 5.32 Å². The van der Waals surface area contributed by atoms with Gasteiger partial charge in [0.1, 0.15) is 5.82 Å². The fourth-order valence-corrected chi connectivity index (χ4v) is 4.85. The summed E-state index contributed by atoms with van der Waals surface area (Å²) < 4.78 is 65.7. The highest BCUT2D eigenvalue weighted by Crippen LogP contribution is 2.23. The monoisotopic (exact) mass is 401 g/mol. The molecule has 0 bridgehead atoms. The second kappa shape index (κ2) is 8.43. The van der Waals surface area contributed by atoms with E-state index in [2.05, 4.69) is 10.0 Å². The van der Waals surface area contributed by atoms with E-state index in [1.165, 1.54) is 10.4 Å². The predicted octanol–water partition coefficient (Wildman–Crippen LogP) is 0.993. The molecule has 0 amide bonds. The number of hydrogen-bond acceptors (Lipinski definition) is 5. The first-order chi connectivity index (χ1) is 10.8. The van der Waals surface area contributed by atoms with Crippen LogP contribution in [0, 0.1) is 5.82 Å². The average Bonchev–Trinajstić information content (AvgIpc) is 2.50. The number of piperazine rings is 1. The van der Waals surface area contributed by atoms with E-state index in [9.17, 15) is 21.2 Å². The maximum atomic E-state index is 14.1. The Morgan fingerprint density at radius 2 is 1.83 bits per heavy atom. The summed E-state index contributed by atoms with van der Waals surface area (Å²) in [5.74, 6) is -1.05. The Bertz CT molecular complexity index is 765. The Morgan fingerprint density at radius 3 is 2.38 bits per heavy atom. The zero-order valence-electron chi connectivity index (χ0n) is 13.2. The van der Waals surface area contributed by atoms with Crippen LogP contribution in [0.3, 0.4) is 0 Å². The van der Waals surface area contributed by atoms with Crippen LogP contribution >= 0.6 is 12.4 Å². The second-order valence-electron chi connectivity index (χ2n) is 5.22. The number of hydrogen-bond donors (Lipinski definition) is 2. The van der Waals surface area contributed by atoms with Crippen molar-refractivity contribution < 1.29 is 21.2 Å². The molecule has 2 rings (SSSR count). The van der Waals surface area contributed by atoms with Crippen LogP contribution in [0.15, 0.2) is 23.1 Å². The molecule has 1 aromatic carbocycles. The topological polar surface area (TPSA) is 95.6 Å². The third kappa shape index (κ3) is 5.03. The molecular weight excluding hydrogens is 381 g/mol. The Labute approximate surface area is 148 Å². The molecule has 1 fully saturated rings. The van der Waals surface area contributed by atoms with Gasteiger partial charge >= 0.3 is 0 Å². The van der Waals surface area contributed by atoms with Gasteiger partial charge in [0.2, 0.25) is 20.0 Å². The quantitative estimate of drug-likeness (QED) is 0.741. The van der Waals surface area contributed by atoms with Crippen molar-refractivity contribution in [3.8, 4) is 0 Å². The molecule has 0 unspecified atom stereocenters. The van der Waals surface area contributed by atoms with Crippen molar-refractivity contribution >= 4 is 38.1 Å². The molecule has 0 spiro atoms. The summed E-state index contributed by atoms with van der Waals surface area (Å²) in [5, 5.41) is 3.04. The number of benzene rings is 1. The summed E-state index contributed by atoms with van der Waals surface area (Å²) in [4.78, 5) is -0.185. The first kappa shape index (κ1) is 21.1. The van der Waals surface area contributed by atoms with Gasteiger partial charge in [-0.3, -0.25) is 4.72 Å². The standard InChI is InChI=1S/C13H20FN3O4S2.ClH/c1-2-9-22(18,19)16-13-4-3-11(10-12(13)14)23(20,21)17-7-5-15-6-8-17;/h3-4,10,15-16H,2,5-9H2,1H3;1H. The number of rotatable bonds is 6. The highest BCUT2D eigenvalue weighted by Gasteiger charge is 2.26. The summed E-state index contributed by atoms with van der Waals surface area (Å²) in [7, 11) is -7.41. The van der Waals surface area contributed by atoms with E-state index in [-0.39, 0.29) is 28.7 Å². The summed E-state index contributed by atoms with van der Waals surface area (Å²) in [6.07, 6.45) is 0.395. The van der Waals surface area contributed by atoms with Crippen LogP contribution in [0.25, 0.3) is 0 Å². The zero-order chi connectivity index (χ0) is 17.1. The van der Waals surface area contributed by atoms with Crippen molar-refractivity contribution in [2.75, 3.05) is 36.7 Å². The van der Waals surface area contributed by atoms with Crippen LogP contribution in [0.2, 0.25) is 0 Å². The molecule has 1 saturated heterocycles. The Morgan fingerprint density at radius 1 is 1.21 bits per heavy atom. The molecule has 11 heteroatoms. The van der Waals surface area contributed by atoms with Gasteiger partial charge in [-0.15, -0.1) is 12.4 Å². The normalized spacial score (nSPS) is 16.4. The maximum absolute atomic E-state index is 14.1. The van der Waals surface area contributed by atoms with Gasteiger partial charge in [0.05, 0.1) is 16.3 Å². The average molecular weight is 402 g/mol.